The van der Waals surface area contributed by atoms with Crippen LogP contribution in [0.15, 0.2) is 24.4 Å². The van der Waals surface area contributed by atoms with Crippen LogP contribution in [0.2, 0.25) is 0 Å². The fourth-order valence-electron chi connectivity index (χ4n) is 2.55. The van der Waals surface area contributed by atoms with Gasteiger partial charge in [-0.25, -0.2) is 14.5 Å². The Labute approximate surface area is 134 Å². The molecule has 3 heterocycles. The van der Waals surface area contributed by atoms with Crippen molar-refractivity contribution in [2.45, 2.75) is 27.7 Å². The zero-order chi connectivity index (χ0) is 16.6. The van der Waals surface area contributed by atoms with Gasteiger partial charge in [-0.1, -0.05) is 0 Å². The quantitative estimate of drug-likeness (QED) is 0.696. The molecule has 0 radical (unpaired) electrons. The molecule has 118 valence electrons. The summed E-state index contributed by atoms with van der Waals surface area (Å²) in [6, 6.07) is 5.59. The van der Waals surface area contributed by atoms with Crippen LogP contribution in [0.4, 0.5) is 0 Å². The number of carbonyl (C=O) groups excluding carboxylic acids is 1. The number of carbonyl (C=O) groups is 1. The number of aromatic nitrogens is 4. The molecule has 0 N–H and O–H groups in total. The molecule has 0 saturated heterocycles. The molecule has 0 aliphatic carbocycles. The Morgan fingerprint density at radius 2 is 2.00 bits per heavy atom. The predicted octanol–water partition coefficient (Wildman–Crippen LogP) is 2.92. The van der Waals surface area contributed by atoms with Gasteiger partial charge in [0.15, 0.2) is 5.65 Å². The zero-order valence-corrected chi connectivity index (χ0v) is 13.6. The van der Waals surface area contributed by atoms with Gasteiger partial charge in [-0.05, 0) is 45.9 Å². The molecule has 0 spiro atoms. The Hall–Kier alpha value is -2.76. The summed E-state index contributed by atoms with van der Waals surface area (Å²) in [6.45, 7) is 7.76. The highest BCUT2D eigenvalue weighted by atomic mass is 16.5. The van der Waals surface area contributed by atoms with Crippen molar-refractivity contribution in [2.24, 2.45) is 0 Å². The van der Waals surface area contributed by atoms with Crippen LogP contribution < -0.4 is 0 Å². The molecular formula is C17H18N4O2. The molecule has 6 nitrogen and oxygen atoms in total. The van der Waals surface area contributed by atoms with E-state index < -0.39 is 0 Å². The molecular weight excluding hydrogens is 292 g/mol. The standard InChI is InChI=1S/C17H18N4O2/c1-5-23-17(22)14-8-11(3)19-16-15(14)12(4)20-21(16)13-7-6-10(2)18-9-13/h6-9H,5H2,1-4H3. The van der Waals surface area contributed by atoms with Gasteiger partial charge in [0.2, 0.25) is 0 Å². The highest BCUT2D eigenvalue weighted by Gasteiger charge is 2.20. The van der Waals surface area contributed by atoms with Gasteiger partial charge in [0, 0.05) is 11.4 Å². The minimum absolute atomic E-state index is 0.330. The maximum Gasteiger partial charge on any atom is 0.339 e. The number of esters is 1. The minimum Gasteiger partial charge on any atom is -0.462 e. The smallest absolute Gasteiger partial charge is 0.339 e. The van der Waals surface area contributed by atoms with Crippen molar-refractivity contribution in [1.29, 1.82) is 0 Å². The second kappa shape index (κ2) is 5.79. The average molecular weight is 310 g/mol. The monoisotopic (exact) mass is 310 g/mol. The van der Waals surface area contributed by atoms with Crippen LogP contribution in [-0.2, 0) is 4.74 Å². The number of nitrogens with zero attached hydrogens (tertiary/aromatic N) is 4. The molecule has 0 aliphatic heterocycles. The lowest BCUT2D eigenvalue weighted by Gasteiger charge is -2.06. The number of fused-ring (bicyclic) bond motifs is 1. The van der Waals surface area contributed by atoms with E-state index in [9.17, 15) is 4.79 Å². The van der Waals surface area contributed by atoms with Crippen LogP contribution in [0.25, 0.3) is 16.7 Å². The maximum atomic E-state index is 12.3. The lowest BCUT2D eigenvalue weighted by atomic mass is 10.1. The second-order valence-electron chi connectivity index (χ2n) is 5.39. The molecule has 0 aromatic carbocycles. The summed E-state index contributed by atoms with van der Waals surface area (Å²) >= 11 is 0. The van der Waals surface area contributed by atoms with Crippen molar-refractivity contribution in [3.05, 3.63) is 47.0 Å². The predicted molar refractivity (Wildman–Crippen MR) is 86.8 cm³/mol. The Morgan fingerprint density at radius 3 is 2.65 bits per heavy atom. The summed E-state index contributed by atoms with van der Waals surface area (Å²) in [6.07, 6.45) is 1.75. The third kappa shape index (κ3) is 2.67. The van der Waals surface area contributed by atoms with Gasteiger partial charge < -0.3 is 4.74 Å². The zero-order valence-electron chi connectivity index (χ0n) is 13.6. The summed E-state index contributed by atoms with van der Waals surface area (Å²) in [7, 11) is 0. The average Bonchev–Trinajstić information content (AvgIpc) is 2.84. The molecule has 0 saturated carbocycles. The van der Waals surface area contributed by atoms with E-state index >= 15 is 0 Å². The van der Waals surface area contributed by atoms with Gasteiger partial charge in [0.1, 0.15) is 0 Å². The van der Waals surface area contributed by atoms with Gasteiger partial charge in [0.25, 0.3) is 0 Å². The van der Waals surface area contributed by atoms with E-state index in [1.165, 1.54) is 0 Å². The molecule has 3 aromatic rings. The molecule has 0 unspecified atom stereocenters. The van der Waals surface area contributed by atoms with Gasteiger partial charge in [-0.2, -0.15) is 5.10 Å². The molecule has 23 heavy (non-hydrogen) atoms. The van der Waals surface area contributed by atoms with Crippen molar-refractivity contribution in [3.63, 3.8) is 0 Å². The van der Waals surface area contributed by atoms with Crippen molar-refractivity contribution in [2.75, 3.05) is 6.61 Å². The molecule has 0 aliphatic rings. The first-order valence-electron chi connectivity index (χ1n) is 7.48. The first-order valence-corrected chi connectivity index (χ1v) is 7.48. The minimum atomic E-state index is -0.354. The third-order valence-electron chi connectivity index (χ3n) is 3.58. The topological polar surface area (TPSA) is 69.9 Å². The van der Waals surface area contributed by atoms with Crippen LogP contribution in [0.3, 0.4) is 0 Å². The number of ether oxygens (including phenoxy) is 1. The largest absolute Gasteiger partial charge is 0.462 e. The SMILES string of the molecule is CCOC(=O)c1cc(C)nc2c1c(C)nn2-c1ccc(C)nc1. The molecule has 0 amide bonds. The number of hydrogen-bond donors (Lipinski definition) is 0. The Morgan fingerprint density at radius 1 is 1.22 bits per heavy atom. The van der Waals surface area contributed by atoms with E-state index in [2.05, 4.69) is 15.1 Å². The van der Waals surface area contributed by atoms with Gasteiger partial charge in [-0.3, -0.25) is 4.98 Å². The summed E-state index contributed by atoms with van der Waals surface area (Å²) in [4.78, 5) is 21.1. The van der Waals surface area contributed by atoms with Gasteiger partial charge in [-0.15, -0.1) is 0 Å². The van der Waals surface area contributed by atoms with Crippen molar-refractivity contribution in [1.82, 2.24) is 19.7 Å². The molecule has 0 bridgehead atoms. The second-order valence-corrected chi connectivity index (χ2v) is 5.39. The van der Waals surface area contributed by atoms with E-state index in [0.29, 0.717) is 17.8 Å². The Balaban J connectivity index is 2.26. The van der Waals surface area contributed by atoms with Gasteiger partial charge >= 0.3 is 5.97 Å². The number of aryl methyl sites for hydroxylation is 3. The number of hydrogen-bond acceptors (Lipinski definition) is 5. The normalized spacial score (nSPS) is 11.0. The van der Waals surface area contributed by atoms with E-state index in [-0.39, 0.29) is 5.97 Å². The van der Waals surface area contributed by atoms with Crippen LogP contribution in [0.5, 0.6) is 0 Å². The molecule has 6 heteroatoms. The molecule has 3 rings (SSSR count). The van der Waals surface area contributed by atoms with Crippen molar-refractivity contribution >= 4 is 17.0 Å². The maximum absolute atomic E-state index is 12.3. The lowest BCUT2D eigenvalue weighted by molar-refractivity contribution is 0.0528. The first kappa shape index (κ1) is 15.1. The van der Waals surface area contributed by atoms with E-state index in [1.807, 2.05) is 32.9 Å². The fourth-order valence-corrected chi connectivity index (χ4v) is 2.55. The summed E-state index contributed by atoms with van der Waals surface area (Å²) in [5, 5.41) is 5.26. The van der Waals surface area contributed by atoms with Crippen LogP contribution in [-0.4, -0.2) is 32.3 Å². The Kier molecular flexibility index (Phi) is 3.82. The molecule has 0 fully saturated rings. The van der Waals surface area contributed by atoms with Crippen LogP contribution in [0.1, 0.15) is 34.4 Å². The summed E-state index contributed by atoms with van der Waals surface area (Å²) in [5.41, 5.74) is 4.34. The fraction of sp³-hybridized carbons (Fsp3) is 0.294. The van der Waals surface area contributed by atoms with E-state index in [4.69, 9.17) is 4.74 Å². The highest BCUT2D eigenvalue weighted by Crippen LogP contribution is 2.25. The van der Waals surface area contributed by atoms with Crippen LogP contribution >= 0.6 is 0 Å². The molecule has 3 aromatic heterocycles. The Bertz CT molecular complexity index is 882. The first-order chi connectivity index (χ1) is 11.0. The van der Waals surface area contributed by atoms with Crippen LogP contribution in [0, 0.1) is 20.8 Å². The van der Waals surface area contributed by atoms with E-state index in [1.54, 1.807) is 23.9 Å². The number of pyridine rings is 2. The van der Waals surface area contributed by atoms with Crippen molar-refractivity contribution in [3.8, 4) is 5.69 Å². The highest BCUT2D eigenvalue weighted by molar-refractivity contribution is 6.04. The van der Waals surface area contributed by atoms with E-state index in [0.717, 1.165) is 28.2 Å². The number of rotatable bonds is 3. The summed E-state index contributed by atoms with van der Waals surface area (Å²) in [5.74, 6) is -0.354. The van der Waals surface area contributed by atoms with Crippen molar-refractivity contribution < 1.29 is 9.53 Å². The summed E-state index contributed by atoms with van der Waals surface area (Å²) < 4.78 is 6.88. The lowest BCUT2D eigenvalue weighted by Crippen LogP contribution is -2.07. The third-order valence-corrected chi connectivity index (χ3v) is 3.58. The molecule has 0 atom stereocenters. The van der Waals surface area contributed by atoms with Gasteiger partial charge in [0.05, 0.1) is 35.1 Å².